The number of hydrogen-bond acceptors (Lipinski definition) is 4. The smallest absolute Gasteiger partial charge is 0.137 e. The summed E-state index contributed by atoms with van der Waals surface area (Å²) in [5, 5.41) is 4.47. The summed E-state index contributed by atoms with van der Waals surface area (Å²) in [7, 11) is 0. The van der Waals surface area contributed by atoms with Crippen LogP contribution in [0.3, 0.4) is 0 Å². The van der Waals surface area contributed by atoms with Crippen molar-refractivity contribution in [3.8, 4) is 17.3 Å². The molecule has 3 aromatic heterocycles. The standard InChI is InChI=1S/C33H27N3O2/c1-33(2,3)20-13-14-35-32(15-20)36-28-17-23(37-22-8-6-7-21(34)16-22)11-12-24(28)26-18-27-25-9-4-5-10-30(25)38-31(27)19-29(26)36/h4-19H,34H2,1-3H3. The minimum absolute atomic E-state index is 0.00996. The zero-order valence-corrected chi connectivity index (χ0v) is 21.5. The number of nitrogens with two attached hydrogens (primary N) is 1. The van der Waals surface area contributed by atoms with E-state index in [1.54, 1.807) is 0 Å². The lowest BCUT2D eigenvalue weighted by atomic mass is 9.88. The van der Waals surface area contributed by atoms with Crippen LogP contribution in [-0.4, -0.2) is 9.55 Å². The van der Waals surface area contributed by atoms with Gasteiger partial charge in [-0.05, 0) is 59.5 Å². The lowest BCUT2D eigenvalue weighted by Crippen LogP contribution is -2.12. The Bertz CT molecular complexity index is 2010. The summed E-state index contributed by atoms with van der Waals surface area (Å²) in [5.41, 5.74) is 11.6. The molecule has 7 aromatic rings. The number of aromatic nitrogens is 2. The lowest BCUT2D eigenvalue weighted by Gasteiger charge is -2.20. The molecule has 0 amide bonds. The maximum atomic E-state index is 6.27. The van der Waals surface area contributed by atoms with E-state index in [9.17, 15) is 0 Å². The van der Waals surface area contributed by atoms with Gasteiger partial charge in [0.1, 0.15) is 28.5 Å². The number of ether oxygens (including phenoxy) is 1. The van der Waals surface area contributed by atoms with Gasteiger partial charge < -0.3 is 14.9 Å². The summed E-state index contributed by atoms with van der Waals surface area (Å²) in [4.78, 5) is 4.82. The highest BCUT2D eigenvalue weighted by Crippen LogP contribution is 2.40. The second-order valence-corrected chi connectivity index (χ2v) is 10.8. The Hall–Kier alpha value is -4.77. The molecule has 186 valence electrons. The molecule has 0 aliphatic rings. The quantitative estimate of drug-likeness (QED) is 0.248. The van der Waals surface area contributed by atoms with Gasteiger partial charge in [-0.15, -0.1) is 0 Å². The van der Waals surface area contributed by atoms with Gasteiger partial charge in [0.15, 0.2) is 0 Å². The average molecular weight is 498 g/mol. The zero-order valence-electron chi connectivity index (χ0n) is 21.5. The fourth-order valence-electron chi connectivity index (χ4n) is 5.25. The minimum atomic E-state index is -0.00996. The van der Waals surface area contributed by atoms with E-state index >= 15 is 0 Å². The van der Waals surface area contributed by atoms with Crippen LogP contribution in [0.25, 0.3) is 49.6 Å². The molecule has 2 N–H and O–H groups in total. The molecule has 0 aliphatic heterocycles. The van der Waals surface area contributed by atoms with Gasteiger partial charge in [-0.1, -0.05) is 45.0 Å². The van der Waals surface area contributed by atoms with Crippen LogP contribution in [0.1, 0.15) is 26.3 Å². The van der Waals surface area contributed by atoms with Gasteiger partial charge in [0.2, 0.25) is 0 Å². The first kappa shape index (κ1) is 22.4. The summed E-state index contributed by atoms with van der Waals surface area (Å²) in [6.07, 6.45) is 1.89. The highest BCUT2D eigenvalue weighted by Gasteiger charge is 2.20. The predicted molar refractivity (Wildman–Crippen MR) is 155 cm³/mol. The van der Waals surface area contributed by atoms with Crippen LogP contribution in [0.2, 0.25) is 0 Å². The predicted octanol–water partition coefficient (Wildman–Crippen LogP) is 8.75. The summed E-state index contributed by atoms with van der Waals surface area (Å²) < 4.78 is 14.7. The third kappa shape index (κ3) is 3.58. The molecule has 38 heavy (non-hydrogen) atoms. The number of rotatable bonds is 3. The third-order valence-corrected chi connectivity index (χ3v) is 7.17. The van der Waals surface area contributed by atoms with Crippen LogP contribution in [0.15, 0.2) is 102 Å². The van der Waals surface area contributed by atoms with Crippen LogP contribution in [0.5, 0.6) is 11.5 Å². The van der Waals surface area contributed by atoms with E-state index in [4.69, 9.17) is 19.9 Å². The molecule has 3 heterocycles. The normalized spacial score (nSPS) is 12.2. The van der Waals surface area contributed by atoms with Gasteiger partial charge in [-0.3, -0.25) is 4.57 Å². The number of furan rings is 1. The van der Waals surface area contributed by atoms with Gasteiger partial charge >= 0.3 is 0 Å². The van der Waals surface area contributed by atoms with Crippen LogP contribution in [0, 0.1) is 0 Å². The second kappa shape index (κ2) is 8.12. The van der Waals surface area contributed by atoms with E-state index in [1.165, 1.54) is 5.56 Å². The maximum absolute atomic E-state index is 6.27. The van der Waals surface area contributed by atoms with Crippen molar-refractivity contribution >= 4 is 49.4 Å². The molecule has 0 radical (unpaired) electrons. The van der Waals surface area contributed by atoms with Crippen molar-refractivity contribution < 1.29 is 9.15 Å². The number of para-hydroxylation sites is 1. The Morgan fingerprint density at radius 2 is 1.53 bits per heavy atom. The Balaban J connectivity index is 1.53. The van der Waals surface area contributed by atoms with Gasteiger partial charge in [0.05, 0.1) is 11.0 Å². The van der Waals surface area contributed by atoms with Crippen molar-refractivity contribution in [2.45, 2.75) is 26.2 Å². The molecule has 7 rings (SSSR count). The maximum Gasteiger partial charge on any atom is 0.137 e. The number of fused-ring (bicyclic) bond motifs is 6. The molecular weight excluding hydrogens is 470 g/mol. The number of nitrogen functional groups attached to an aromatic ring is 1. The van der Waals surface area contributed by atoms with E-state index in [0.717, 1.165) is 55.3 Å². The number of benzene rings is 4. The van der Waals surface area contributed by atoms with E-state index in [1.807, 2.05) is 54.7 Å². The Kier molecular flexibility index (Phi) is 4.79. The molecule has 0 saturated carbocycles. The van der Waals surface area contributed by atoms with Crippen LogP contribution < -0.4 is 10.5 Å². The molecule has 5 nitrogen and oxygen atoms in total. The molecular formula is C33H27N3O2. The Labute approximate surface area is 220 Å². The first-order valence-corrected chi connectivity index (χ1v) is 12.7. The fraction of sp³-hybridized carbons (Fsp3) is 0.121. The van der Waals surface area contributed by atoms with Crippen LogP contribution in [-0.2, 0) is 5.41 Å². The van der Waals surface area contributed by atoms with Gasteiger partial charge in [-0.2, -0.15) is 0 Å². The first-order chi connectivity index (χ1) is 18.3. The van der Waals surface area contributed by atoms with E-state index in [2.05, 4.69) is 67.8 Å². The van der Waals surface area contributed by atoms with Crippen molar-refractivity contribution in [2.24, 2.45) is 0 Å². The van der Waals surface area contributed by atoms with Crippen molar-refractivity contribution in [3.05, 3.63) is 103 Å². The largest absolute Gasteiger partial charge is 0.457 e. The first-order valence-electron chi connectivity index (χ1n) is 12.7. The van der Waals surface area contributed by atoms with E-state index < -0.39 is 0 Å². The molecule has 0 fully saturated rings. The molecule has 0 unspecified atom stereocenters. The molecule has 0 aliphatic carbocycles. The minimum Gasteiger partial charge on any atom is -0.457 e. The number of hydrogen-bond donors (Lipinski definition) is 1. The van der Waals surface area contributed by atoms with Crippen molar-refractivity contribution in [1.82, 2.24) is 9.55 Å². The Morgan fingerprint density at radius 3 is 2.37 bits per heavy atom. The summed E-state index contributed by atoms with van der Waals surface area (Å²) in [6, 6.07) is 30.5. The van der Waals surface area contributed by atoms with Crippen molar-refractivity contribution in [2.75, 3.05) is 5.73 Å². The lowest BCUT2D eigenvalue weighted by molar-refractivity contribution is 0.483. The van der Waals surface area contributed by atoms with E-state index in [-0.39, 0.29) is 5.41 Å². The number of pyridine rings is 1. The summed E-state index contributed by atoms with van der Waals surface area (Å²) in [6.45, 7) is 6.65. The molecule has 0 atom stereocenters. The SMILES string of the molecule is CC(C)(C)c1ccnc(-n2c3cc(Oc4cccc(N)c4)ccc3c3cc4c(cc32)oc2ccccc24)c1. The fourth-order valence-corrected chi connectivity index (χ4v) is 5.25. The topological polar surface area (TPSA) is 66.2 Å². The summed E-state index contributed by atoms with van der Waals surface area (Å²) >= 11 is 0. The average Bonchev–Trinajstić information content (AvgIpc) is 3.41. The highest BCUT2D eigenvalue weighted by molar-refractivity contribution is 6.17. The molecule has 0 saturated heterocycles. The molecule has 4 aromatic carbocycles. The number of nitrogens with zero attached hydrogens (tertiary/aromatic N) is 2. The Morgan fingerprint density at radius 1 is 0.711 bits per heavy atom. The van der Waals surface area contributed by atoms with Crippen molar-refractivity contribution in [1.29, 1.82) is 0 Å². The summed E-state index contributed by atoms with van der Waals surface area (Å²) in [5.74, 6) is 2.28. The molecule has 0 bridgehead atoms. The van der Waals surface area contributed by atoms with E-state index in [0.29, 0.717) is 11.4 Å². The van der Waals surface area contributed by atoms with Crippen molar-refractivity contribution in [3.63, 3.8) is 0 Å². The zero-order chi connectivity index (χ0) is 26.0. The molecule has 5 heteroatoms. The van der Waals surface area contributed by atoms with Gasteiger partial charge in [0.25, 0.3) is 0 Å². The van der Waals surface area contributed by atoms with Gasteiger partial charge in [0, 0.05) is 51.6 Å². The van der Waals surface area contributed by atoms with Crippen LogP contribution >= 0.6 is 0 Å². The van der Waals surface area contributed by atoms with Crippen LogP contribution in [0.4, 0.5) is 5.69 Å². The third-order valence-electron chi connectivity index (χ3n) is 7.17. The second-order valence-electron chi connectivity index (χ2n) is 10.8. The van der Waals surface area contributed by atoms with Gasteiger partial charge in [-0.25, -0.2) is 4.98 Å². The monoisotopic (exact) mass is 497 g/mol. The number of anilines is 1. The molecule has 0 spiro atoms. The highest BCUT2D eigenvalue weighted by atomic mass is 16.5.